The van der Waals surface area contributed by atoms with Gasteiger partial charge in [-0.15, -0.1) is 10.2 Å². The first-order valence-corrected chi connectivity index (χ1v) is 11.8. The summed E-state index contributed by atoms with van der Waals surface area (Å²) in [5.41, 5.74) is 0.430. The van der Waals surface area contributed by atoms with Crippen molar-refractivity contribution in [2.75, 3.05) is 13.7 Å². The lowest BCUT2D eigenvalue weighted by Crippen LogP contribution is -2.59. The first-order valence-electron chi connectivity index (χ1n) is 11.8. The number of hydrogen-bond acceptors (Lipinski definition) is 8. The van der Waals surface area contributed by atoms with Gasteiger partial charge in [-0.05, 0) is 37.3 Å². The summed E-state index contributed by atoms with van der Waals surface area (Å²) >= 11 is 0. The standard InChI is InChI=1S/C23H25F3N6O4/c1-35-22-16(4-12-8-32(30-27-12)23-5-11(6-23)7-23)36-17(10-33)21(34)20(22)31-9-15(28-29-31)13-2-3-14(24)19(26)18(13)25/h2-3,8-9,11,16-17,20-22,33-34H,4-7,10H2,1H3/t11?,16-,17-,20+,21+,22+,23?/m1/s1. The van der Waals surface area contributed by atoms with Crippen LogP contribution >= 0.6 is 0 Å². The van der Waals surface area contributed by atoms with Crippen LogP contribution in [0, 0.1) is 23.4 Å². The Labute approximate surface area is 203 Å². The van der Waals surface area contributed by atoms with Gasteiger partial charge in [0.1, 0.15) is 30.0 Å². The molecule has 2 bridgehead atoms. The van der Waals surface area contributed by atoms with E-state index in [2.05, 4.69) is 20.6 Å². The Balaban J connectivity index is 1.28. The third-order valence-corrected chi connectivity index (χ3v) is 7.81. The summed E-state index contributed by atoms with van der Waals surface area (Å²) in [7, 11) is 1.45. The van der Waals surface area contributed by atoms with Crippen LogP contribution in [0.25, 0.3) is 11.3 Å². The predicted octanol–water partition coefficient (Wildman–Crippen LogP) is 1.38. The number of nitrogens with zero attached hydrogens (tertiary/aromatic N) is 6. The minimum absolute atomic E-state index is 0.0569. The summed E-state index contributed by atoms with van der Waals surface area (Å²) in [6.07, 6.45) is 3.25. The molecule has 13 heteroatoms. The summed E-state index contributed by atoms with van der Waals surface area (Å²) in [6.45, 7) is -0.471. The van der Waals surface area contributed by atoms with Crippen molar-refractivity contribution in [2.24, 2.45) is 5.92 Å². The Kier molecular flexibility index (Phi) is 5.63. The molecule has 1 aromatic carbocycles. The Hall–Kier alpha value is -2.87. The molecular weight excluding hydrogens is 481 g/mol. The summed E-state index contributed by atoms with van der Waals surface area (Å²) in [6, 6.07) is 0.977. The number of rotatable bonds is 7. The molecule has 0 spiro atoms. The maximum Gasteiger partial charge on any atom is 0.195 e. The van der Waals surface area contributed by atoms with E-state index in [1.165, 1.54) is 18.0 Å². The molecule has 3 aromatic rings. The molecule has 1 aliphatic heterocycles. The zero-order valence-corrected chi connectivity index (χ0v) is 19.3. The molecule has 0 amide bonds. The second-order valence-electron chi connectivity index (χ2n) is 9.95. The zero-order chi connectivity index (χ0) is 25.2. The summed E-state index contributed by atoms with van der Waals surface area (Å²) < 4.78 is 56.3. The number of aliphatic hydroxyl groups excluding tert-OH is 2. The number of benzene rings is 1. The van der Waals surface area contributed by atoms with Gasteiger partial charge in [0.05, 0.1) is 30.1 Å². The number of halogens is 3. The average molecular weight is 506 g/mol. The third-order valence-electron chi connectivity index (χ3n) is 7.81. The highest BCUT2D eigenvalue weighted by Crippen LogP contribution is 2.61. The Morgan fingerprint density at radius 3 is 2.53 bits per heavy atom. The van der Waals surface area contributed by atoms with Gasteiger partial charge in [-0.3, -0.25) is 0 Å². The average Bonchev–Trinajstić information content (AvgIpc) is 3.46. The van der Waals surface area contributed by atoms with Gasteiger partial charge < -0.3 is 19.7 Å². The topological polar surface area (TPSA) is 120 Å². The van der Waals surface area contributed by atoms with Crippen LogP contribution in [-0.2, 0) is 21.4 Å². The molecule has 4 fully saturated rings. The van der Waals surface area contributed by atoms with E-state index in [1.54, 1.807) is 0 Å². The fourth-order valence-electron chi connectivity index (χ4n) is 5.74. The van der Waals surface area contributed by atoms with Crippen molar-refractivity contribution in [1.29, 1.82) is 0 Å². The lowest BCUT2D eigenvalue weighted by atomic mass is 9.50. The van der Waals surface area contributed by atoms with Crippen LogP contribution in [0.15, 0.2) is 24.5 Å². The van der Waals surface area contributed by atoms with Crippen molar-refractivity contribution in [3.05, 3.63) is 47.7 Å². The molecule has 3 saturated carbocycles. The van der Waals surface area contributed by atoms with Gasteiger partial charge in [0.25, 0.3) is 0 Å². The van der Waals surface area contributed by atoms with Crippen molar-refractivity contribution in [3.63, 3.8) is 0 Å². The summed E-state index contributed by atoms with van der Waals surface area (Å²) in [4.78, 5) is 0. The van der Waals surface area contributed by atoms with Crippen LogP contribution in [0.5, 0.6) is 0 Å². The molecule has 2 aromatic heterocycles. The highest BCUT2D eigenvalue weighted by atomic mass is 19.2. The SMILES string of the molecule is CO[C@@H]1[C@@H](n2cc(-c3ccc(F)c(F)c3F)nn2)[C@@H](O)[C@@H](CO)O[C@@H]1Cc1cn(C23CC(C2)C3)nn1. The monoisotopic (exact) mass is 506 g/mol. The molecule has 7 rings (SSSR count). The molecule has 4 aliphatic rings. The normalized spacial score (nSPS) is 33.3. The fourth-order valence-corrected chi connectivity index (χ4v) is 5.74. The highest BCUT2D eigenvalue weighted by Gasteiger charge is 2.59. The van der Waals surface area contributed by atoms with Crippen molar-refractivity contribution >= 4 is 0 Å². The predicted molar refractivity (Wildman–Crippen MR) is 116 cm³/mol. The number of ether oxygens (including phenoxy) is 2. The van der Waals surface area contributed by atoms with Gasteiger partial charge in [-0.25, -0.2) is 22.5 Å². The van der Waals surface area contributed by atoms with E-state index in [-0.39, 0.29) is 16.8 Å². The lowest BCUT2D eigenvalue weighted by Gasteiger charge is -2.61. The minimum Gasteiger partial charge on any atom is -0.394 e. The van der Waals surface area contributed by atoms with Gasteiger partial charge in [0, 0.05) is 25.3 Å². The molecule has 5 atom stereocenters. The summed E-state index contributed by atoms with van der Waals surface area (Å²) in [5, 5.41) is 37.3. The smallest absolute Gasteiger partial charge is 0.195 e. The van der Waals surface area contributed by atoms with E-state index in [0.29, 0.717) is 12.1 Å². The van der Waals surface area contributed by atoms with Gasteiger partial charge >= 0.3 is 0 Å². The van der Waals surface area contributed by atoms with Gasteiger partial charge in [0.15, 0.2) is 17.5 Å². The van der Waals surface area contributed by atoms with Gasteiger partial charge in [-0.1, -0.05) is 10.4 Å². The second kappa shape index (κ2) is 8.61. The van der Waals surface area contributed by atoms with E-state index in [4.69, 9.17) is 9.47 Å². The third kappa shape index (κ3) is 3.56. The summed E-state index contributed by atoms with van der Waals surface area (Å²) in [5.74, 6) is -3.54. The Morgan fingerprint density at radius 1 is 1.08 bits per heavy atom. The molecule has 192 valence electrons. The molecule has 0 radical (unpaired) electrons. The molecule has 36 heavy (non-hydrogen) atoms. The van der Waals surface area contributed by atoms with Crippen LogP contribution in [0.1, 0.15) is 31.0 Å². The molecule has 3 aliphatic carbocycles. The first kappa shape index (κ1) is 23.5. The zero-order valence-electron chi connectivity index (χ0n) is 19.3. The van der Waals surface area contributed by atoms with Crippen LogP contribution < -0.4 is 0 Å². The lowest BCUT2D eigenvalue weighted by molar-refractivity contribution is -0.212. The van der Waals surface area contributed by atoms with E-state index in [0.717, 1.165) is 37.3 Å². The number of hydrogen-bond donors (Lipinski definition) is 2. The highest BCUT2D eigenvalue weighted by molar-refractivity contribution is 5.58. The van der Waals surface area contributed by atoms with Gasteiger partial charge in [0.2, 0.25) is 0 Å². The molecule has 0 unspecified atom stereocenters. The van der Waals surface area contributed by atoms with Crippen LogP contribution in [0.4, 0.5) is 13.2 Å². The molecule has 2 N–H and O–H groups in total. The maximum atomic E-state index is 14.3. The molecule has 10 nitrogen and oxygen atoms in total. The largest absolute Gasteiger partial charge is 0.394 e. The van der Waals surface area contributed by atoms with Crippen molar-refractivity contribution in [2.45, 2.75) is 61.7 Å². The number of aromatic nitrogens is 6. The van der Waals surface area contributed by atoms with E-state index in [1.807, 2.05) is 10.9 Å². The van der Waals surface area contributed by atoms with Crippen molar-refractivity contribution < 1.29 is 32.9 Å². The Bertz CT molecular complexity index is 1270. The molecule has 3 heterocycles. The van der Waals surface area contributed by atoms with Crippen molar-refractivity contribution in [1.82, 2.24) is 30.0 Å². The number of methoxy groups -OCH3 is 1. The maximum absolute atomic E-state index is 14.3. The number of aliphatic hydroxyl groups is 2. The van der Waals surface area contributed by atoms with Crippen LogP contribution in [0.2, 0.25) is 0 Å². The van der Waals surface area contributed by atoms with E-state index in [9.17, 15) is 23.4 Å². The minimum atomic E-state index is -1.62. The van der Waals surface area contributed by atoms with E-state index < -0.39 is 54.5 Å². The van der Waals surface area contributed by atoms with Crippen LogP contribution in [-0.4, -0.2) is 78.3 Å². The first-order chi connectivity index (χ1) is 17.3. The second-order valence-corrected chi connectivity index (χ2v) is 9.95. The Morgan fingerprint density at radius 2 is 1.86 bits per heavy atom. The molecule has 1 saturated heterocycles. The van der Waals surface area contributed by atoms with E-state index >= 15 is 0 Å². The van der Waals surface area contributed by atoms with Gasteiger partial charge in [-0.2, -0.15) is 0 Å². The fraction of sp³-hybridized carbons (Fsp3) is 0.565. The molecular formula is C23H25F3N6O4. The quantitative estimate of drug-likeness (QED) is 0.462. The van der Waals surface area contributed by atoms with Crippen molar-refractivity contribution in [3.8, 4) is 11.3 Å². The van der Waals surface area contributed by atoms with Crippen LogP contribution in [0.3, 0.4) is 0 Å².